The van der Waals surface area contributed by atoms with Crippen molar-refractivity contribution >= 4 is 9.53 Å². The maximum absolute atomic E-state index is 5.01. The predicted octanol–water partition coefficient (Wildman–Crippen LogP) is 1.22. The maximum Gasteiger partial charge on any atom is 0.483 e. The molecule has 1 atom stereocenters. The molecule has 4 nitrogen and oxygen atoms in total. The lowest BCUT2D eigenvalue weighted by Gasteiger charge is -2.05. The van der Waals surface area contributed by atoms with Crippen molar-refractivity contribution in [1.29, 1.82) is 0 Å². The van der Waals surface area contributed by atoms with Crippen molar-refractivity contribution < 1.29 is 18.0 Å². The lowest BCUT2D eigenvalue weighted by Crippen LogP contribution is -2.21. The largest absolute Gasteiger partial charge is 0.483 e. The van der Waals surface area contributed by atoms with E-state index in [1.807, 2.05) is 0 Å². The predicted molar refractivity (Wildman–Crippen MR) is 57.4 cm³/mol. The van der Waals surface area contributed by atoms with E-state index in [9.17, 15) is 0 Å². The lowest BCUT2D eigenvalue weighted by molar-refractivity contribution is 0.163. The molecular weight excluding hydrogens is 200 g/mol. The molecule has 0 N–H and O–H groups in total. The minimum Gasteiger partial charge on any atom is -0.379 e. The van der Waals surface area contributed by atoms with Crippen molar-refractivity contribution in [2.45, 2.75) is 32.3 Å². The molecule has 0 aromatic heterocycles. The highest BCUT2D eigenvalue weighted by molar-refractivity contribution is 6.36. The van der Waals surface area contributed by atoms with Crippen LogP contribution in [0.1, 0.15) is 26.2 Å². The van der Waals surface area contributed by atoms with Crippen molar-refractivity contribution in [2.24, 2.45) is 0 Å². The van der Waals surface area contributed by atoms with Gasteiger partial charge in [-0.1, -0.05) is 19.8 Å². The van der Waals surface area contributed by atoms with Gasteiger partial charge in [-0.25, -0.2) is 0 Å². The van der Waals surface area contributed by atoms with Gasteiger partial charge < -0.3 is 18.0 Å². The molecule has 1 aliphatic heterocycles. The quantitative estimate of drug-likeness (QED) is 0.500. The fraction of sp³-hybridized carbons (Fsp3) is 1.00. The molecule has 0 saturated carbocycles. The second-order valence-electron chi connectivity index (χ2n) is 3.09. The first-order valence-electron chi connectivity index (χ1n) is 4.98. The normalized spacial score (nSPS) is 19.1. The third-order valence-electron chi connectivity index (χ3n) is 1.86. The molecule has 0 aromatic carbocycles. The minimum atomic E-state index is -1.67. The molecule has 14 heavy (non-hydrogen) atoms. The molecule has 1 heterocycles. The Morgan fingerprint density at radius 3 is 1.93 bits per heavy atom. The third kappa shape index (κ3) is 8.65. The van der Waals surface area contributed by atoms with Gasteiger partial charge in [0.25, 0.3) is 0 Å². The average molecular weight is 222 g/mol. The van der Waals surface area contributed by atoms with Crippen LogP contribution in [0.5, 0.6) is 0 Å². The van der Waals surface area contributed by atoms with Crippen molar-refractivity contribution in [3.63, 3.8) is 0 Å². The Morgan fingerprint density at radius 1 is 1.21 bits per heavy atom. The summed E-state index contributed by atoms with van der Waals surface area (Å²) in [7, 11) is 3.05. The molecule has 1 rings (SSSR count). The van der Waals surface area contributed by atoms with Crippen LogP contribution in [0.3, 0.4) is 0 Å². The molecule has 0 amide bonds. The second-order valence-corrected chi connectivity index (χ2v) is 5.08. The summed E-state index contributed by atoms with van der Waals surface area (Å²) in [5.74, 6) is 0. The number of rotatable bonds is 6. The maximum atomic E-state index is 5.01. The summed E-state index contributed by atoms with van der Waals surface area (Å²) in [6.45, 7) is 3.24. The van der Waals surface area contributed by atoms with Gasteiger partial charge in [0.1, 0.15) is 0 Å². The molecule has 0 aromatic rings. The van der Waals surface area contributed by atoms with Crippen LogP contribution >= 0.6 is 0 Å². The number of ether oxygens (including phenoxy) is 1. The number of hydrogen-bond donors (Lipinski definition) is 0. The van der Waals surface area contributed by atoms with Crippen molar-refractivity contribution in [2.75, 3.05) is 27.9 Å². The first kappa shape index (κ1) is 14.1. The van der Waals surface area contributed by atoms with E-state index in [1.165, 1.54) is 19.3 Å². The Hall–Kier alpha value is 0.0569. The SMILES string of the molecule is CCCCC1CO1.CO[SiH](OC)OC. The van der Waals surface area contributed by atoms with Crippen molar-refractivity contribution in [3.8, 4) is 0 Å². The number of unbranched alkanes of at least 4 members (excludes halogenated alkanes) is 1. The van der Waals surface area contributed by atoms with Crippen LogP contribution in [0.25, 0.3) is 0 Å². The van der Waals surface area contributed by atoms with Gasteiger partial charge in [0, 0.05) is 21.3 Å². The highest BCUT2D eigenvalue weighted by Gasteiger charge is 2.20. The van der Waals surface area contributed by atoms with Crippen LogP contribution in [-0.4, -0.2) is 43.6 Å². The molecule has 0 bridgehead atoms. The van der Waals surface area contributed by atoms with Crippen LogP contribution in [0.15, 0.2) is 0 Å². The molecule has 0 radical (unpaired) electrons. The van der Waals surface area contributed by atoms with Crippen LogP contribution in [-0.2, 0) is 18.0 Å². The van der Waals surface area contributed by atoms with Gasteiger partial charge in [-0.05, 0) is 6.42 Å². The van der Waals surface area contributed by atoms with Gasteiger partial charge in [-0.2, -0.15) is 0 Å². The Balaban J connectivity index is 0.000000241. The van der Waals surface area contributed by atoms with E-state index in [2.05, 4.69) is 6.92 Å². The summed E-state index contributed by atoms with van der Waals surface area (Å²) in [5.41, 5.74) is 0. The monoisotopic (exact) mass is 222 g/mol. The Kier molecular flexibility index (Phi) is 9.64. The molecule has 1 saturated heterocycles. The third-order valence-corrected chi connectivity index (χ3v) is 3.01. The van der Waals surface area contributed by atoms with E-state index in [0.717, 1.165) is 6.61 Å². The van der Waals surface area contributed by atoms with Gasteiger partial charge in [0.05, 0.1) is 12.7 Å². The molecule has 1 unspecified atom stereocenters. The van der Waals surface area contributed by atoms with E-state index in [1.54, 1.807) is 21.3 Å². The zero-order valence-electron chi connectivity index (χ0n) is 9.62. The minimum absolute atomic E-state index is 0.653. The Bertz CT molecular complexity index is 110. The topological polar surface area (TPSA) is 40.2 Å². The standard InChI is InChI=1S/C6H12O.C3H10O3Si/c1-2-3-4-6-5-7-6;1-4-7(5-2)6-3/h6H,2-5H2,1H3;7H,1-3H3. The van der Waals surface area contributed by atoms with Crippen LogP contribution in [0.4, 0.5) is 0 Å². The molecule has 0 aliphatic carbocycles. The summed E-state index contributed by atoms with van der Waals surface area (Å²) in [5, 5.41) is 0. The van der Waals surface area contributed by atoms with Crippen LogP contribution in [0.2, 0.25) is 0 Å². The molecule has 5 heteroatoms. The highest BCUT2D eigenvalue weighted by Crippen LogP contribution is 2.15. The summed E-state index contributed by atoms with van der Waals surface area (Å²) in [6.07, 6.45) is 4.58. The van der Waals surface area contributed by atoms with Crippen LogP contribution < -0.4 is 0 Å². The molecule has 1 fully saturated rings. The van der Waals surface area contributed by atoms with E-state index in [0.29, 0.717) is 6.10 Å². The molecular formula is C9H22O4Si. The van der Waals surface area contributed by atoms with Gasteiger partial charge in [-0.15, -0.1) is 0 Å². The first-order chi connectivity index (χ1) is 6.78. The Labute approximate surface area is 88.5 Å². The number of epoxide rings is 1. The zero-order valence-corrected chi connectivity index (χ0v) is 10.8. The second kappa shape index (κ2) is 9.61. The van der Waals surface area contributed by atoms with E-state index in [4.69, 9.17) is 18.0 Å². The van der Waals surface area contributed by atoms with Gasteiger partial charge >= 0.3 is 9.53 Å². The lowest BCUT2D eigenvalue weighted by atomic mass is 10.2. The summed E-state index contributed by atoms with van der Waals surface area (Å²) in [4.78, 5) is 0. The van der Waals surface area contributed by atoms with Crippen molar-refractivity contribution in [1.82, 2.24) is 0 Å². The van der Waals surface area contributed by atoms with E-state index >= 15 is 0 Å². The van der Waals surface area contributed by atoms with Crippen molar-refractivity contribution in [3.05, 3.63) is 0 Å². The Morgan fingerprint density at radius 2 is 1.71 bits per heavy atom. The summed E-state index contributed by atoms with van der Waals surface area (Å²) in [6, 6.07) is 0. The molecule has 86 valence electrons. The zero-order chi connectivity index (χ0) is 10.8. The number of hydrogen-bond acceptors (Lipinski definition) is 4. The van der Waals surface area contributed by atoms with Gasteiger partial charge in [-0.3, -0.25) is 0 Å². The van der Waals surface area contributed by atoms with Crippen LogP contribution in [0, 0.1) is 0 Å². The summed E-state index contributed by atoms with van der Waals surface area (Å²) >= 11 is 0. The fourth-order valence-electron chi connectivity index (χ4n) is 0.955. The molecule has 1 aliphatic rings. The van der Waals surface area contributed by atoms with Gasteiger partial charge in [0.15, 0.2) is 0 Å². The van der Waals surface area contributed by atoms with Gasteiger partial charge in [0.2, 0.25) is 0 Å². The fourth-order valence-corrected chi connectivity index (χ4v) is 1.53. The highest BCUT2D eigenvalue weighted by atomic mass is 28.3. The van der Waals surface area contributed by atoms with E-state index in [-0.39, 0.29) is 0 Å². The average Bonchev–Trinajstić information content (AvgIpc) is 3.02. The smallest absolute Gasteiger partial charge is 0.379 e. The molecule has 0 spiro atoms. The van der Waals surface area contributed by atoms with E-state index < -0.39 is 9.53 Å². The first-order valence-corrected chi connectivity index (χ1v) is 6.39. The summed E-state index contributed by atoms with van der Waals surface area (Å²) < 4.78 is 19.2.